The van der Waals surface area contributed by atoms with Gasteiger partial charge in [-0.15, -0.1) is 0 Å². The Balaban J connectivity index is 2.16. The van der Waals surface area contributed by atoms with Gasteiger partial charge >= 0.3 is 0 Å². The van der Waals surface area contributed by atoms with Gasteiger partial charge in [-0.05, 0) is 25.1 Å². The molecule has 0 radical (unpaired) electrons. The van der Waals surface area contributed by atoms with E-state index in [4.69, 9.17) is 4.74 Å². The molecule has 1 saturated heterocycles. The number of nitrogens with one attached hydrogen (secondary N) is 1. The summed E-state index contributed by atoms with van der Waals surface area (Å²) in [4.78, 5) is 2.57. The van der Waals surface area contributed by atoms with E-state index < -0.39 is 0 Å². The SMILES string of the molecule is CCN(C1CCNC1)C(COC)c1ccccc1. The lowest BCUT2D eigenvalue weighted by Gasteiger charge is -2.35. The Morgan fingerprint density at radius 3 is 2.72 bits per heavy atom. The molecule has 0 saturated carbocycles. The summed E-state index contributed by atoms with van der Waals surface area (Å²) in [6.07, 6.45) is 1.24. The van der Waals surface area contributed by atoms with Crippen molar-refractivity contribution >= 4 is 0 Å². The van der Waals surface area contributed by atoms with Gasteiger partial charge in [-0.2, -0.15) is 0 Å². The van der Waals surface area contributed by atoms with Gasteiger partial charge in [0, 0.05) is 19.7 Å². The summed E-state index contributed by atoms with van der Waals surface area (Å²) >= 11 is 0. The van der Waals surface area contributed by atoms with E-state index in [0.29, 0.717) is 12.1 Å². The maximum atomic E-state index is 5.44. The predicted octanol–water partition coefficient (Wildman–Crippen LogP) is 2.06. The molecule has 100 valence electrons. The second-order valence-corrected chi connectivity index (χ2v) is 4.86. The summed E-state index contributed by atoms with van der Waals surface area (Å²) in [6, 6.07) is 11.7. The van der Waals surface area contributed by atoms with Gasteiger partial charge in [0.25, 0.3) is 0 Å². The summed E-state index contributed by atoms with van der Waals surface area (Å²) in [5.74, 6) is 0. The predicted molar refractivity (Wildman–Crippen MR) is 74.7 cm³/mol. The van der Waals surface area contributed by atoms with Gasteiger partial charge in [0.15, 0.2) is 0 Å². The first-order valence-electron chi connectivity index (χ1n) is 6.87. The summed E-state index contributed by atoms with van der Waals surface area (Å²) < 4.78 is 5.44. The molecule has 1 aliphatic heterocycles. The minimum atomic E-state index is 0.367. The van der Waals surface area contributed by atoms with E-state index in [1.54, 1.807) is 7.11 Å². The highest BCUT2D eigenvalue weighted by Crippen LogP contribution is 2.25. The molecule has 3 nitrogen and oxygen atoms in total. The third-order valence-electron chi connectivity index (χ3n) is 3.78. The van der Waals surface area contributed by atoms with Crippen LogP contribution in [0, 0.1) is 0 Å². The molecule has 0 spiro atoms. The summed E-state index contributed by atoms with van der Waals surface area (Å²) in [7, 11) is 1.79. The van der Waals surface area contributed by atoms with Crippen LogP contribution in [-0.4, -0.2) is 44.3 Å². The number of methoxy groups -OCH3 is 1. The highest BCUT2D eigenvalue weighted by atomic mass is 16.5. The van der Waals surface area contributed by atoms with E-state index in [1.165, 1.54) is 12.0 Å². The number of rotatable bonds is 6. The lowest BCUT2D eigenvalue weighted by atomic mass is 10.0. The standard InChI is InChI=1S/C15H24N2O/c1-3-17(14-9-10-16-11-14)15(12-18-2)13-7-5-4-6-8-13/h4-8,14-16H,3,9-12H2,1-2H3. The van der Waals surface area contributed by atoms with Gasteiger partial charge in [-0.1, -0.05) is 37.3 Å². The number of hydrogen-bond donors (Lipinski definition) is 1. The smallest absolute Gasteiger partial charge is 0.0659 e. The lowest BCUT2D eigenvalue weighted by Crippen LogP contribution is -2.41. The second kappa shape index (κ2) is 6.88. The molecule has 18 heavy (non-hydrogen) atoms. The monoisotopic (exact) mass is 248 g/mol. The van der Waals surface area contributed by atoms with Gasteiger partial charge in [-0.25, -0.2) is 0 Å². The van der Waals surface area contributed by atoms with E-state index in [9.17, 15) is 0 Å². The van der Waals surface area contributed by atoms with Crippen molar-refractivity contribution < 1.29 is 4.74 Å². The molecule has 3 heteroatoms. The van der Waals surface area contributed by atoms with E-state index in [2.05, 4.69) is 47.5 Å². The Hall–Kier alpha value is -0.900. The third-order valence-corrected chi connectivity index (χ3v) is 3.78. The minimum absolute atomic E-state index is 0.367. The molecular weight excluding hydrogens is 224 g/mol. The Morgan fingerprint density at radius 2 is 2.17 bits per heavy atom. The fourth-order valence-corrected chi connectivity index (χ4v) is 2.87. The zero-order chi connectivity index (χ0) is 12.8. The third kappa shape index (κ3) is 3.10. The van der Waals surface area contributed by atoms with Gasteiger partial charge < -0.3 is 10.1 Å². The average Bonchev–Trinajstić information content (AvgIpc) is 2.94. The van der Waals surface area contributed by atoms with Crippen LogP contribution in [0.4, 0.5) is 0 Å². The molecule has 2 rings (SSSR count). The Labute approximate surface area is 110 Å². The zero-order valence-electron chi connectivity index (χ0n) is 11.4. The average molecular weight is 248 g/mol. The maximum Gasteiger partial charge on any atom is 0.0659 e. The van der Waals surface area contributed by atoms with E-state index in [0.717, 1.165) is 26.2 Å². The van der Waals surface area contributed by atoms with Crippen LogP contribution in [0.3, 0.4) is 0 Å². The van der Waals surface area contributed by atoms with E-state index in [1.807, 2.05) is 0 Å². The molecule has 2 unspecified atom stereocenters. The van der Waals surface area contributed by atoms with Crippen LogP contribution < -0.4 is 5.32 Å². The van der Waals surface area contributed by atoms with Gasteiger partial charge in [0.05, 0.1) is 12.6 Å². The molecule has 1 aromatic rings. The largest absolute Gasteiger partial charge is 0.383 e. The van der Waals surface area contributed by atoms with Crippen LogP contribution in [0.25, 0.3) is 0 Å². The van der Waals surface area contributed by atoms with Crippen LogP contribution in [0.2, 0.25) is 0 Å². The number of ether oxygens (including phenoxy) is 1. The second-order valence-electron chi connectivity index (χ2n) is 4.86. The highest BCUT2D eigenvalue weighted by Gasteiger charge is 2.28. The Kier molecular flexibility index (Phi) is 5.17. The van der Waals surface area contributed by atoms with Crippen molar-refractivity contribution in [3.63, 3.8) is 0 Å². The van der Waals surface area contributed by atoms with Gasteiger partial charge in [-0.3, -0.25) is 4.90 Å². The molecule has 2 atom stereocenters. The first-order chi connectivity index (χ1) is 8.86. The van der Waals surface area contributed by atoms with E-state index >= 15 is 0 Å². The molecular formula is C15H24N2O. The van der Waals surface area contributed by atoms with Crippen LogP contribution >= 0.6 is 0 Å². The first kappa shape index (κ1) is 13.5. The number of hydrogen-bond acceptors (Lipinski definition) is 3. The molecule has 1 N–H and O–H groups in total. The quantitative estimate of drug-likeness (QED) is 0.834. The zero-order valence-corrected chi connectivity index (χ0v) is 11.4. The van der Waals surface area contributed by atoms with Crippen LogP contribution in [-0.2, 0) is 4.74 Å². The first-order valence-corrected chi connectivity index (χ1v) is 6.87. The van der Waals surface area contributed by atoms with Crippen molar-refractivity contribution in [1.29, 1.82) is 0 Å². The fourth-order valence-electron chi connectivity index (χ4n) is 2.87. The topological polar surface area (TPSA) is 24.5 Å². The summed E-state index contributed by atoms with van der Waals surface area (Å²) in [6.45, 7) is 6.30. The highest BCUT2D eigenvalue weighted by molar-refractivity contribution is 5.19. The minimum Gasteiger partial charge on any atom is -0.383 e. The molecule has 0 bridgehead atoms. The van der Waals surface area contributed by atoms with Crippen LogP contribution in [0.1, 0.15) is 24.9 Å². The Bertz CT molecular complexity index is 336. The Morgan fingerprint density at radius 1 is 1.39 bits per heavy atom. The van der Waals surface area contributed by atoms with Crippen molar-refractivity contribution in [2.75, 3.05) is 33.4 Å². The normalized spacial score (nSPS) is 21.4. The van der Waals surface area contributed by atoms with Crippen molar-refractivity contribution in [3.8, 4) is 0 Å². The number of nitrogens with zero attached hydrogens (tertiary/aromatic N) is 1. The molecule has 0 amide bonds. The number of benzene rings is 1. The molecule has 0 aromatic heterocycles. The maximum absolute atomic E-state index is 5.44. The fraction of sp³-hybridized carbons (Fsp3) is 0.600. The van der Waals surface area contributed by atoms with Crippen molar-refractivity contribution in [2.45, 2.75) is 25.4 Å². The van der Waals surface area contributed by atoms with Crippen molar-refractivity contribution in [1.82, 2.24) is 10.2 Å². The van der Waals surface area contributed by atoms with Gasteiger partial charge in [0.2, 0.25) is 0 Å². The van der Waals surface area contributed by atoms with E-state index in [-0.39, 0.29) is 0 Å². The van der Waals surface area contributed by atoms with Crippen LogP contribution in [0.15, 0.2) is 30.3 Å². The summed E-state index contributed by atoms with van der Waals surface area (Å²) in [5.41, 5.74) is 1.35. The van der Waals surface area contributed by atoms with Crippen LogP contribution in [0.5, 0.6) is 0 Å². The molecule has 1 heterocycles. The molecule has 1 aliphatic rings. The lowest BCUT2D eigenvalue weighted by molar-refractivity contribution is 0.0687. The molecule has 1 fully saturated rings. The molecule has 1 aromatic carbocycles. The van der Waals surface area contributed by atoms with Gasteiger partial charge in [0.1, 0.15) is 0 Å². The number of likely N-dealkylation sites (N-methyl/N-ethyl adjacent to an activating group) is 1. The summed E-state index contributed by atoms with van der Waals surface area (Å²) in [5, 5.41) is 3.45. The van der Waals surface area contributed by atoms with Crippen molar-refractivity contribution in [2.24, 2.45) is 0 Å². The van der Waals surface area contributed by atoms with Crippen molar-refractivity contribution in [3.05, 3.63) is 35.9 Å². The molecule has 0 aliphatic carbocycles.